The van der Waals surface area contributed by atoms with E-state index in [1.165, 1.54) is 18.3 Å². The van der Waals surface area contributed by atoms with E-state index in [1.807, 2.05) is 0 Å². The van der Waals surface area contributed by atoms with Gasteiger partial charge in [-0.05, 0) is 36.1 Å². The molecule has 0 aliphatic rings. The van der Waals surface area contributed by atoms with Crippen LogP contribution in [-0.4, -0.2) is 12.6 Å². The van der Waals surface area contributed by atoms with Crippen LogP contribution in [0.2, 0.25) is 0 Å². The van der Waals surface area contributed by atoms with Crippen LogP contribution in [0, 0.1) is 11.7 Å². The van der Waals surface area contributed by atoms with Gasteiger partial charge >= 0.3 is 6.03 Å². The predicted molar refractivity (Wildman–Crippen MR) is 71.4 cm³/mol. The largest absolute Gasteiger partial charge is 0.338 e. The van der Waals surface area contributed by atoms with Crippen LogP contribution in [0.5, 0.6) is 0 Å². The molecule has 2 amide bonds. The molecule has 0 fully saturated rings. The van der Waals surface area contributed by atoms with Gasteiger partial charge in [-0.2, -0.15) is 0 Å². The van der Waals surface area contributed by atoms with E-state index >= 15 is 0 Å². The Morgan fingerprint density at radius 2 is 2.22 bits per heavy atom. The van der Waals surface area contributed by atoms with E-state index in [2.05, 4.69) is 24.5 Å². The Kier molecular flexibility index (Phi) is 5.91. The Morgan fingerprint density at radius 3 is 2.89 bits per heavy atom. The lowest BCUT2D eigenvalue weighted by Crippen LogP contribution is -2.33. The zero-order valence-electron chi connectivity index (χ0n) is 10.7. The van der Waals surface area contributed by atoms with Crippen molar-refractivity contribution < 1.29 is 9.18 Å². The maximum absolute atomic E-state index is 12.9. The number of carbonyl (C=O) groups excluding carboxylic acids is 1. The highest BCUT2D eigenvalue weighted by molar-refractivity contribution is 5.75. The van der Waals surface area contributed by atoms with Crippen molar-refractivity contribution in [2.75, 3.05) is 6.54 Å². The molecule has 0 bridgehead atoms. The summed E-state index contributed by atoms with van der Waals surface area (Å²) in [5, 5.41) is 5.31. The Bertz CT molecular complexity index is 416. The van der Waals surface area contributed by atoms with Crippen molar-refractivity contribution >= 4 is 12.1 Å². The fraction of sp³-hybridized carbons (Fsp3) is 0.357. The Hall–Kier alpha value is -1.84. The maximum Gasteiger partial charge on any atom is 0.318 e. The van der Waals surface area contributed by atoms with Gasteiger partial charge in [0.1, 0.15) is 5.82 Å². The van der Waals surface area contributed by atoms with E-state index in [4.69, 9.17) is 0 Å². The second-order valence-electron chi connectivity index (χ2n) is 4.47. The van der Waals surface area contributed by atoms with Crippen molar-refractivity contribution in [3.8, 4) is 0 Å². The minimum Gasteiger partial charge on any atom is -0.338 e. The van der Waals surface area contributed by atoms with E-state index in [0.717, 1.165) is 6.42 Å². The number of rotatable bonds is 5. The van der Waals surface area contributed by atoms with Crippen molar-refractivity contribution in [2.24, 2.45) is 5.92 Å². The van der Waals surface area contributed by atoms with Crippen molar-refractivity contribution in [2.45, 2.75) is 20.3 Å². The van der Waals surface area contributed by atoms with E-state index in [-0.39, 0.29) is 11.8 Å². The van der Waals surface area contributed by atoms with Gasteiger partial charge in [0.15, 0.2) is 0 Å². The summed E-state index contributed by atoms with van der Waals surface area (Å²) in [6.45, 7) is 4.85. The van der Waals surface area contributed by atoms with E-state index in [1.54, 1.807) is 18.2 Å². The topological polar surface area (TPSA) is 41.1 Å². The zero-order valence-corrected chi connectivity index (χ0v) is 10.7. The van der Waals surface area contributed by atoms with Crippen LogP contribution in [-0.2, 0) is 0 Å². The number of hydrogen-bond donors (Lipinski definition) is 2. The average molecular weight is 250 g/mol. The smallest absolute Gasteiger partial charge is 0.318 e. The first-order valence-electron chi connectivity index (χ1n) is 6.04. The summed E-state index contributed by atoms with van der Waals surface area (Å²) in [4.78, 5) is 11.3. The van der Waals surface area contributed by atoms with Crippen LogP contribution < -0.4 is 10.6 Å². The first-order valence-corrected chi connectivity index (χ1v) is 6.04. The molecular formula is C14H19FN2O. The second kappa shape index (κ2) is 7.48. The third-order valence-corrected chi connectivity index (χ3v) is 2.35. The Morgan fingerprint density at radius 1 is 1.44 bits per heavy atom. The van der Waals surface area contributed by atoms with Crippen molar-refractivity contribution in [3.63, 3.8) is 0 Å². The van der Waals surface area contributed by atoms with Crippen molar-refractivity contribution in [3.05, 3.63) is 41.8 Å². The molecule has 1 aromatic carbocycles. The standard InChI is InChI=1S/C14H19FN2O/c1-11(2)6-8-16-14(18)17-9-7-12-4-3-5-13(15)10-12/h3-5,7,9-11H,6,8H2,1-2H3,(H2,16,17,18)/b9-7+. The lowest BCUT2D eigenvalue weighted by atomic mass is 10.1. The summed E-state index contributed by atoms with van der Waals surface area (Å²) in [6.07, 6.45) is 4.09. The summed E-state index contributed by atoms with van der Waals surface area (Å²) in [5.41, 5.74) is 0.706. The number of hydrogen-bond acceptors (Lipinski definition) is 1. The number of nitrogens with one attached hydrogen (secondary N) is 2. The molecule has 0 atom stereocenters. The molecule has 0 saturated carbocycles. The van der Waals surface area contributed by atoms with Gasteiger partial charge in [-0.25, -0.2) is 9.18 Å². The molecule has 0 radical (unpaired) electrons. The predicted octanol–water partition coefficient (Wildman–Crippen LogP) is 3.14. The fourth-order valence-electron chi connectivity index (χ4n) is 1.35. The van der Waals surface area contributed by atoms with Gasteiger partial charge < -0.3 is 10.6 Å². The Balaban J connectivity index is 2.29. The molecule has 4 heteroatoms. The normalized spacial score (nSPS) is 10.9. The van der Waals surface area contributed by atoms with E-state index in [0.29, 0.717) is 18.0 Å². The molecule has 3 nitrogen and oxygen atoms in total. The number of halogens is 1. The van der Waals surface area contributed by atoms with Gasteiger partial charge in [-0.15, -0.1) is 0 Å². The van der Waals surface area contributed by atoms with Gasteiger partial charge in [0, 0.05) is 12.7 Å². The van der Waals surface area contributed by atoms with Crippen LogP contribution in [0.3, 0.4) is 0 Å². The molecule has 18 heavy (non-hydrogen) atoms. The molecule has 1 rings (SSSR count). The van der Waals surface area contributed by atoms with Crippen LogP contribution in [0.1, 0.15) is 25.8 Å². The van der Waals surface area contributed by atoms with Gasteiger partial charge in [0.05, 0.1) is 0 Å². The molecule has 0 saturated heterocycles. The molecule has 0 aromatic heterocycles. The summed E-state index contributed by atoms with van der Waals surface area (Å²) in [5.74, 6) is 0.270. The number of amides is 2. The molecular weight excluding hydrogens is 231 g/mol. The monoisotopic (exact) mass is 250 g/mol. The van der Waals surface area contributed by atoms with Crippen LogP contribution >= 0.6 is 0 Å². The van der Waals surface area contributed by atoms with Gasteiger partial charge in [-0.1, -0.05) is 26.0 Å². The molecule has 2 N–H and O–H groups in total. The van der Waals surface area contributed by atoms with Crippen molar-refractivity contribution in [1.29, 1.82) is 0 Å². The SMILES string of the molecule is CC(C)CCNC(=O)N/C=C/c1cccc(F)c1. The van der Waals surface area contributed by atoms with Crippen LogP contribution in [0.4, 0.5) is 9.18 Å². The van der Waals surface area contributed by atoms with E-state index in [9.17, 15) is 9.18 Å². The summed E-state index contributed by atoms with van der Waals surface area (Å²) >= 11 is 0. The highest BCUT2D eigenvalue weighted by Gasteiger charge is 1.98. The molecule has 0 spiro atoms. The molecule has 0 heterocycles. The molecule has 0 aliphatic carbocycles. The summed E-state index contributed by atoms with van der Waals surface area (Å²) in [6, 6.07) is 5.91. The van der Waals surface area contributed by atoms with Crippen LogP contribution in [0.15, 0.2) is 30.5 Å². The second-order valence-corrected chi connectivity index (χ2v) is 4.47. The third-order valence-electron chi connectivity index (χ3n) is 2.35. The highest BCUT2D eigenvalue weighted by atomic mass is 19.1. The van der Waals surface area contributed by atoms with Gasteiger partial charge in [0.2, 0.25) is 0 Å². The lowest BCUT2D eigenvalue weighted by molar-refractivity contribution is 0.243. The van der Waals surface area contributed by atoms with E-state index < -0.39 is 0 Å². The van der Waals surface area contributed by atoms with Gasteiger partial charge in [0.25, 0.3) is 0 Å². The average Bonchev–Trinajstić information content (AvgIpc) is 2.28. The number of urea groups is 1. The third kappa shape index (κ3) is 6.03. The molecule has 98 valence electrons. The summed E-state index contributed by atoms with van der Waals surface area (Å²) in [7, 11) is 0. The van der Waals surface area contributed by atoms with Gasteiger partial charge in [-0.3, -0.25) is 0 Å². The first kappa shape index (κ1) is 14.2. The maximum atomic E-state index is 12.9. The molecule has 0 unspecified atom stereocenters. The lowest BCUT2D eigenvalue weighted by Gasteiger charge is -2.06. The Labute approximate surface area is 107 Å². The summed E-state index contributed by atoms with van der Waals surface area (Å²) < 4.78 is 12.9. The number of carbonyl (C=O) groups is 1. The fourth-order valence-corrected chi connectivity index (χ4v) is 1.35. The molecule has 1 aromatic rings. The van der Waals surface area contributed by atoms with Crippen molar-refractivity contribution in [1.82, 2.24) is 10.6 Å². The quantitative estimate of drug-likeness (QED) is 0.828. The minimum absolute atomic E-state index is 0.247. The highest BCUT2D eigenvalue weighted by Crippen LogP contribution is 2.04. The van der Waals surface area contributed by atoms with Crippen LogP contribution in [0.25, 0.3) is 6.08 Å². The zero-order chi connectivity index (χ0) is 13.4. The minimum atomic E-state index is -0.293. The molecule has 0 aliphatic heterocycles. The number of benzene rings is 1. The first-order chi connectivity index (χ1) is 8.58.